The third kappa shape index (κ3) is 2.28. The predicted octanol–water partition coefficient (Wildman–Crippen LogP) is 1.76. The monoisotopic (exact) mass is 268 g/mol. The summed E-state index contributed by atoms with van der Waals surface area (Å²) in [4.78, 5) is 16.3. The Morgan fingerprint density at radius 2 is 2.15 bits per heavy atom. The number of aromatic amines is 2. The van der Waals surface area contributed by atoms with Crippen LogP contribution in [0.1, 0.15) is 16.2 Å². The van der Waals surface area contributed by atoms with E-state index in [2.05, 4.69) is 30.7 Å². The Kier molecular flexibility index (Phi) is 3.00. The van der Waals surface area contributed by atoms with Gasteiger partial charge in [-0.05, 0) is 19.1 Å². The molecule has 1 aromatic carbocycles. The van der Waals surface area contributed by atoms with E-state index in [1.807, 2.05) is 25.1 Å². The van der Waals surface area contributed by atoms with Gasteiger partial charge in [-0.3, -0.25) is 15.0 Å². The zero-order valence-electron chi connectivity index (χ0n) is 10.7. The van der Waals surface area contributed by atoms with Gasteiger partial charge in [-0.15, -0.1) is 0 Å². The Balaban J connectivity index is 1.92. The number of aryl methyl sites for hydroxylation is 1. The van der Waals surface area contributed by atoms with Crippen LogP contribution in [0.3, 0.4) is 0 Å². The first-order valence-electron chi connectivity index (χ1n) is 6.02. The predicted molar refractivity (Wildman–Crippen MR) is 73.1 cm³/mol. The molecule has 0 radical (unpaired) electrons. The van der Waals surface area contributed by atoms with Gasteiger partial charge >= 0.3 is 0 Å². The molecule has 2 heterocycles. The lowest BCUT2D eigenvalue weighted by molar-refractivity contribution is 0.102. The number of rotatable bonds is 3. The molecule has 3 rings (SSSR count). The number of amides is 1. The van der Waals surface area contributed by atoms with Gasteiger partial charge in [0.1, 0.15) is 5.82 Å². The average molecular weight is 268 g/mol. The molecule has 0 fully saturated rings. The van der Waals surface area contributed by atoms with E-state index in [-0.39, 0.29) is 5.91 Å². The van der Waals surface area contributed by atoms with Gasteiger partial charge in [-0.1, -0.05) is 12.1 Å². The van der Waals surface area contributed by atoms with Crippen molar-refractivity contribution in [3.8, 4) is 11.4 Å². The molecule has 7 heteroatoms. The van der Waals surface area contributed by atoms with Crippen LogP contribution in [-0.2, 0) is 0 Å². The number of carbonyl (C=O) groups is 1. The highest BCUT2D eigenvalue weighted by Crippen LogP contribution is 2.25. The summed E-state index contributed by atoms with van der Waals surface area (Å²) in [6.07, 6.45) is 3.00. The minimum absolute atomic E-state index is 0.238. The van der Waals surface area contributed by atoms with Crippen molar-refractivity contribution in [1.82, 2.24) is 25.4 Å². The van der Waals surface area contributed by atoms with E-state index < -0.39 is 0 Å². The lowest BCUT2D eigenvalue weighted by atomic mass is 10.1. The number of aromatic nitrogens is 5. The van der Waals surface area contributed by atoms with Crippen molar-refractivity contribution in [2.45, 2.75) is 6.92 Å². The van der Waals surface area contributed by atoms with Crippen LogP contribution in [0.25, 0.3) is 11.4 Å². The quantitative estimate of drug-likeness (QED) is 0.673. The lowest BCUT2D eigenvalue weighted by Crippen LogP contribution is -2.11. The number of nitrogens with one attached hydrogen (secondary N) is 3. The van der Waals surface area contributed by atoms with Crippen molar-refractivity contribution in [2.75, 3.05) is 5.32 Å². The second-order valence-electron chi connectivity index (χ2n) is 4.23. The van der Waals surface area contributed by atoms with Gasteiger partial charge in [-0.25, -0.2) is 4.98 Å². The summed E-state index contributed by atoms with van der Waals surface area (Å²) in [7, 11) is 0. The van der Waals surface area contributed by atoms with Crippen LogP contribution >= 0.6 is 0 Å². The van der Waals surface area contributed by atoms with Crippen LogP contribution in [0.15, 0.2) is 36.7 Å². The topological polar surface area (TPSA) is 99.3 Å². The molecule has 0 aliphatic rings. The molecule has 0 atom stereocenters. The number of hydrogen-bond acceptors (Lipinski definition) is 4. The van der Waals surface area contributed by atoms with E-state index in [4.69, 9.17) is 0 Å². The fourth-order valence-electron chi connectivity index (χ4n) is 1.82. The maximum absolute atomic E-state index is 12.0. The summed E-state index contributed by atoms with van der Waals surface area (Å²) in [5.74, 6) is 1.03. The second-order valence-corrected chi connectivity index (χ2v) is 4.23. The highest BCUT2D eigenvalue weighted by atomic mass is 16.1. The average Bonchev–Trinajstić information content (AvgIpc) is 3.10. The van der Waals surface area contributed by atoms with Crippen LogP contribution in [0.2, 0.25) is 0 Å². The van der Waals surface area contributed by atoms with Gasteiger partial charge < -0.3 is 5.32 Å². The second kappa shape index (κ2) is 4.96. The minimum Gasteiger partial charge on any atom is -0.321 e. The summed E-state index contributed by atoms with van der Waals surface area (Å²) in [6.45, 7) is 1.82. The van der Waals surface area contributed by atoms with E-state index in [1.165, 1.54) is 12.4 Å². The molecule has 0 spiro atoms. The summed E-state index contributed by atoms with van der Waals surface area (Å²) in [5.41, 5.74) is 1.87. The van der Waals surface area contributed by atoms with E-state index in [0.717, 1.165) is 11.4 Å². The third-order valence-electron chi connectivity index (χ3n) is 2.77. The van der Waals surface area contributed by atoms with E-state index in [0.29, 0.717) is 17.1 Å². The molecule has 3 aromatic rings. The van der Waals surface area contributed by atoms with Crippen molar-refractivity contribution in [2.24, 2.45) is 0 Å². The molecule has 0 aliphatic heterocycles. The van der Waals surface area contributed by atoms with Crippen LogP contribution in [0.4, 0.5) is 5.69 Å². The summed E-state index contributed by atoms with van der Waals surface area (Å²) in [5, 5.41) is 16.1. The molecule has 20 heavy (non-hydrogen) atoms. The summed E-state index contributed by atoms with van der Waals surface area (Å²) in [6, 6.07) is 7.37. The van der Waals surface area contributed by atoms with Gasteiger partial charge in [0.15, 0.2) is 5.82 Å². The zero-order chi connectivity index (χ0) is 13.9. The van der Waals surface area contributed by atoms with E-state index >= 15 is 0 Å². The van der Waals surface area contributed by atoms with Gasteiger partial charge in [0.25, 0.3) is 5.91 Å². The molecule has 3 N–H and O–H groups in total. The smallest absolute Gasteiger partial charge is 0.258 e. The van der Waals surface area contributed by atoms with Crippen molar-refractivity contribution in [3.05, 3.63) is 48.0 Å². The first-order chi connectivity index (χ1) is 9.74. The molecule has 0 bridgehead atoms. The number of H-pyrrole nitrogens is 2. The number of anilines is 1. The molecule has 0 saturated heterocycles. The van der Waals surface area contributed by atoms with Gasteiger partial charge in [0, 0.05) is 11.8 Å². The van der Waals surface area contributed by atoms with Crippen molar-refractivity contribution in [1.29, 1.82) is 0 Å². The van der Waals surface area contributed by atoms with Crippen LogP contribution in [0, 0.1) is 6.92 Å². The van der Waals surface area contributed by atoms with Crippen molar-refractivity contribution < 1.29 is 4.79 Å². The first kappa shape index (κ1) is 12.1. The Morgan fingerprint density at radius 1 is 1.30 bits per heavy atom. The Bertz CT molecular complexity index is 731. The molecule has 0 saturated carbocycles. The van der Waals surface area contributed by atoms with Gasteiger partial charge in [-0.2, -0.15) is 10.2 Å². The molecule has 0 aliphatic carbocycles. The van der Waals surface area contributed by atoms with E-state index in [9.17, 15) is 4.79 Å². The van der Waals surface area contributed by atoms with Gasteiger partial charge in [0.2, 0.25) is 0 Å². The Labute approximate surface area is 114 Å². The van der Waals surface area contributed by atoms with Crippen molar-refractivity contribution in [3.63, 3.8) is 0 Å². The standard InChI is InChI=1S/C13H12N6O/c1-8-16-12(19-18-8)10-4-2-3-5-11(10)17-13(20)9-6-14-15-7-9/h2-7H,1H3,(H,14,15)(H,17,20)(H,16,18,19). The van der Waals surface area contributed by atoms with Crippen LogP contribution in [-0.4, -0.2) is 31.3 Å². The number of benzene rings is 1. The SMILES string of the molecule is Cc1nc(-c2ccccc2NC(=O)c2cn[nH]c2)n[nH]1. The fraction of sp³-hybridized carbons (Fsp3) is 0.0769. The maximum atomic E-state index is 12.0. The molecule has 0 unspecified atom stereocenters. The number of nitrogens with zero attached hydrogens (tertiary/aromatic N) is 3. The van der Waals surface area contributed by atoms with Crippen molar-refractivity contribution >= 4 is 11.6 Å². The Hall–Kier alpha value is -2.96. The highest BCUT2D eigenvalue weighted by Gasteiger charge is 2.13. The first-order valence-corrected chi connectivity index (χ1v) is 6.02. The largest absolute Gasteiger partial charge is 0.321 e. The highest BCUT2D eigenvalue weighted by molar-refractivity contribution is 6.05. The number of para-hydroxylation sites is 1. The van der Waals surface area contributed by atoms with Crippen LogP contribution in [0.5, 0.6) is 0 Å². The van der Waals surface area contributed by atoms with Crippen LogP contribution < -0.4 is 5.32 Å². The van der Waals surface area contributed by atoms with E-state index in [1.54, 1.807) is 6.07 Å². The molecule has 1 amide bonds. The molecule has 100 valence electrons. The maximum Gasteiger partial charge on any atom is 0.258 e. The third-order valence-corrected chi connectivity index (χ3v) is 2.77. The summed E-state index contributed by atoms with van der Waals surface area (Å²) < 4.78 is 0. The lowest BCUT2D eigenvalue weighted by Gasteiger charge is -2.07. The zero-order valence-corrected chi connectivity index (χ0v) is 10.7. The fourth-order valence-corrected chi connectivity index (χ4v) is 1.82. The number of hydrogen-bond donors (Lipinski definition) is 3. The molecular formula is C13H12N6O. The van der Waals surface area contributed by atoms with Gasteiger partial charge in [0.05, 0.1) is 17.4 Å². The number of carbonyl (C=O) groups excluding carboxylic acids is 1. The normalized spacial score (nSPS) is 10.4. The summed E-state index contributed by atoms with van der Waals surface area (Å²) >= 11 is 0. The molecular weight excluding hydrogens is 256 g/mol. The Morgan fingerprint density at radius 3 is 2.85 bits per heavy atom. The minimum atomic E-state index is -0.238. The molecule has 2 aromatic heterocycles. The molecule has 7 nitrogen and oxygen atoms in total.